The number of anilines is 1. The first-order valence-corrected chi connectivity index (χ1v) is 10.4. The number of hydrogen-bond donors (Lipinski definition) is 4. The first kappa shape index (κ1) is 21.5. The van der Waals surface area contributed by atoms with Gasteiger partial charge in [-0.3, -0.25) is 5.43 Å². The van der Waals surface area contributed by atoms with Crippen molar-refractivity contribution in [3.63, 3.8) is 0 Å². The summed E-state index contributed by atoms with van der Waals surface area (Å²) in [6.45, 7) is 5.88. The van der Waals surface area contributed by atoms with Gasteiger partial charge in [0.2, 0.25) is 0 Å². The second-order valence-electron chi connectivity index (χ2n) is 6.77. The maximum Gasteiger partial charge on any atom is 0.335 e. The van der Waals surface area contributed by atoms with Gasteiger partial charge in [-0.2, -0.15) is 5.10 Å². The number of carboxylic acid groups (broad SMARTS) is 1. The summed E-state index contributed by atoms with van der Waals surface area (Å²) >= 11 is 6.68. The maximum atomic E-state index is 10.9. The van der Waals surface area contributed by atoms with Crippen molar-refractivity contribution < 1.29 is 15.0 Å². The number of aromatic carboxylic acids is 1. The summed E-state index contributed by atoms with van der Waals surface area (Å²) in [5.74, 6) is -0.798. The number of nitrogens with one attached hydrogen (secondary N) is 2. The van der Waals surface area contributed by atoms with Gasteiger partial charge in [-0.15, -0.1) is 11.3 Å². The molecule has 1 aromatic heterocycles. The number of hydrogen-bond acceptors (Lipinski definition) is 5. The Hall–Kier alpha value is -3.23. The molecule has 30 heavy (non-hydrogen) atoms. The number of aryl methyl sites for hydroxylation is 2. The Morgan fingerprint density at radius 3 is 2.43 bits per heavy atom. The van der Waals surface area contributed by atoms with Crippen LogP contribution in [0.2, 0.25) is 0 Å². The third-order valence-corrected chi connectivity index (χ3v) is 5.85. The Morgan fingerprint density at radius 1 is 1.10 bits per heavy atom. The molecule has 0 aliphatic rings. The highest BCUT2D eigenvalue weighted by molar-refractivity contribution is 7.80. The first-order chi connectivity index (χ1) is 14.3. The van der Waals surface area contributed by atoms with Crippen molar-refractivity contribution in [3.05, 3.63) is 70.1 Å². The number of benzene rings is 2. The number of carbonyl (C=O) groups is 1. The average Bonchev–Trinajstić information content (AvgIpc) is 3.10. The Labute approximate surface area is 183 Å². The van der Waals surface area contributed by atoms with Crippen molar-refractivity contribution in [3.8, 4) is 16.2 Å². The third kappa shape index (κ3) is 4.84. The van der Waals surface area contributed by atoms with Crippen LogP contribution in [0.5, 0.6) is 5.75 Å². The number of thiocarbonyl (C=S) groups is 1. The van der Waals surface area contributed by atoms with Gasteiger partial charge in [0.25, 0.3) is 0 Å². The van der Waals surface area contributed by atoms with Crippen LogP contribution in [0.1, 0.15) is 34.0 Å². The Kier molecular flexibility index (Phi) is 6.49. The molecule has 3 aromatic rings. The second kappa shape index (κ2) is 9.06. The quantitative estimate of drug-likeness (QED) is 0.250. The van der Waals surface area contributed by atoms with E-state index in [0.29, 0.717) is 17.0 Å². The molecule has 0 bridgehead atoms. The second-order valence-corrected chi connectivity index (χ2v) is 8.06. The van der Waals surface area contributed by atoms with Crippen LogP contribution in [-0.2, 0) is 0 Å². The maximum absolute atomic E-state index is 10.9. The third-order valence-electron chi connectivity index (χ3n) is 4.64. The summed E-state index contributed by atoms with van der Waals surface area (Å²) in [7, 11) is 0. The van der Waals surface area contributed by atoms with Crippen molar-refractivity contribution in [1.29, 1.82) is 0 Å². The zero-order valence-corrected chi connectivity index (χ0v) is 18.3. The fourth-order valence-electron chi connectivity index (χ4n) is 2.75. The first-order valence-electron chi connectivity index (χ1n) is 9.09. The number of hydrazone groups is 1. The van der Waals surface area contributed by atoms with Crippen LogP contribution in [0.4, 0.5) is 5.69 Å². The topological polar surface area (TPSA) is 94.0 Å². The van der Waals surface area contributed by atoms with E-state index >= 15 is 0 Å². The molecule has 0 aliphatic carbocycles. The highest BCUT2D eigenvalue weighted by atomic mass is 32.1. The standard InChI is InChI=1S/C22H21N3O3S2/c1-12-4-5-16(10-13(12)2)20-19(26)18(11-30-20)14(3)24-25-22(29)23-17-8-6-15(7-9-17)21(27)28/h4-11,26H,1-3H3,(H,27,28)(H2,23,25,29). The van der Waals surface area contributed by atoms with E-state index in [4.69, 9.17) is 17.3 Å². The van der Waals surface area contributed by atoms with Gasteiger partial charge in [-0.1, -0.05) is 18.2 Å². The van der Waals surface area contributed by atoms with Crippen LogP contribution in [0.25, 0.3) is 10.4 Å². The van der Waals surface area contributed by atoms with E-state index < -0.39 is 5.97 Å². The average molecular weight is 440 g/mol. The van der Waals surface area contributed by atoms with Crippen molar-refractivity contribution in [1.82, 2.24) is 5.43 Å². The van der Waals surface area contributed by atoms with Crippen LogP contribution in [0.3, 0.4) is 0 Å². The minimum atomic E-state index is -0.988. The fraction of sp³-hybridized carbons (Fsp3) is 0.136. The molecule has 154 valence electrons. The van der Waals surface area contributed by atoms with Gasteiger partial charge in [0, 0.05) is 11.1 Å². The van der Waals surface area contributed by atoms with Crippen molar-refractivity contribution >= 4 is 46.0 Å². The summed E-state index contributed by atoms with van der Waals surface area (Å²) in [5.41, 5.74) is 8.14. The van der Waals surface area contributed by atoms with E-state index in [1.807, 2.05) is 24.4 Å². The molecule has 0 aliphatic heterocycles. The van der Waals surface area contributed by atoms with Crippen molar-refractivity contribution in [2.45, 2.75) is 20.8 Å². The van der Waals surface area contributed by atoms with Gasteiger partial charge >= 0.3 is 5.97 Å². The molecule has 0 spiro atoms. The van der Waals surface area contributed by atoms with Crippen LogP contribution in [0.15, 0.2) is 52.9 Å². The lowest BCUT2D eigenvalue weighted by Crippen LogP contribution is -2.24. The van der Waals surface area contributed by atoms with Crippen LogP contribution in [-0.4, -0.2) is 27.0 Å². The molecule has 3 rings (SSSR count). The molecule has 0 amide bonds. The van der Waals surface area contributed by atoms with E-state index in [9.17, 15) is 9.90 Å². The zero-order chi connectivity index (χ0) is 21.8. The number of carboxylic acids is 1. The summed E-state index contributed by atoms with van der Waals surface area (Å²) in [6.07, 6.45) is 0. The molecule has 0 saturated heterocycles. The van der Waals surface area contributed by atoms with E-state index in [-0.39, 0.29) is 16.4 Å². The molecule has 8 heteroatoms. The Bertz CT molecular complexity index is 1140. The normalized spacial score (nSPS) is 11.2. The van der Waals surface area contributed by atoms with Crippen LogP contribution in [0, 0.1) is 13.8 Å². The fourth-order valence-corrected chi connectivity index (χ4v) is 3.91. The van der Waals surface area contributed by atoms with Crippen molar-refractivity contribution in [2.75, 3.05) is 5.32 Å². The van der Waals surface area contributed by atoms with E-state index in [0.717, 1.165) is 10.4 Å². The zero-order valence-electron chi connectivity index (χ0n) is 16.7. The summed E-state index contributed by atoms with van der Waals surface area (Å²) in [4.78, 5) is 11.7. The van der Waals surface area contributed by atoms with Gasteiger partial charge in [0.05, 0.1) is 21.7 Å². The predicted octanol–water partition coefficient (Wildman–Crippen LogP) is 5.15. The molecule has 0 saturated carbocycles. The van der Waals surface area contributed by atoms with E-state index in [1.165, 1.54) is 34.6 Å². The highest BCUT2D eigenvalue weighted by Gasteiger charge is 2.15. The van der Waals surface area contributed by atoms with Gasteiger partial charge in [-0.05, 0) is 73.9 Å². The van der Waals surface area contributed by atoms with E-state index in [2.05, 4.69) is 28.8 Å². The number of rotatable bonds is 5. The minimum Gasteiger partial charge on any atom is -0.506 e. The van der Waals surface area contributed by atoms with Crippen molar-refractivity contribution in [2.24, 2.45) is 5.10 Å². The number of thiophene rings is 1. The molecule has 0 fully saturated rings. The predicted molar refractivity (Wildman–Crippen MR) is 126 cm³/mol. The monoisotopic (exact) mass is 439 g/mol. The SMILES string of the molecule is CC(=NNC(=S)Nc1ccc(C(=O)O)cc1)c1csc(-c2ccc(C)c(C)c2)c1O. The van der Waals surface area contributed by atoms with Crippen LogP contribution < -0.4 is 10.7 Å². The van der Waals surface area contributed by atoms with Gasteiger partial charge in [0.1, 0.15) is 5.75 Å². The van der Waals surface area contributed by atoms with Gasteiger partial charge < -0.3 is 15.5 Å². The molecule has 4 N–H and O–H groups in total. The Morgan fingerprint density at radius 2 is 1.80 bits per heavy atom. The molecule has 0 unspecified atom stereocenters. The molecule has 2 aromatic carbocycles. The molecule has 0 radical (unpaired) electrons. The summed E-state index contributed by atoms with van der Waals surface area (Å²) in [5, 5.41) is 28.9. The van der Waals surface area contributed by atoms with Gasteiger partial charge in [0.15, 0.2) is 5.11 Å². The lowest BCUT2D eigenvalue weighted by molar-refractivity contribution is 0.0697. The number of nitrogens with zero attached hydrogens (tertiary/aromatic N) is 1. The molecular weight excluding hydrogens is 418 g/mol. The lowest BCUT2D eigenvalue weighted by atomic mass is 10.0. The molecule has 0 atom stereocenters. The molecule has 1 heterocycles. The van der Waals surface area contributed by atoms with Gasteiger partial charge in [-0.25, -0.2) is 4.79 Å². The number of aromatic hydroxyl groups is 1. The lowest BCUT2D eigenvalue weighted by Gasteiger charge is -2.08. The molecule has 6 nitrogen and oxygen atoms in total. The Balaban J connectivity index is 1.69. The smallest absolute Gasteiger partial charge is 0.335 e. The summed E-state index contributed by atoms with van der Waals surface area (Å²) in [6, 6.07) is 12.3. The molecular formula is C22H21N3O3S2. The highest BCUT2D eigenvalue weighted by Crippen LogP contribution is 2.39. The summed E-state index contributed by atoms with van der Waals surface area (Å²) < 4.78 is 0. The van der Waals surface area contributed by atoms with E-state index in [1.54, 1.807) is 19.1 Å². The largest absolute Gasteiger partial charge is 0.506 e. The van der Waals surface area contributed by atoms with Crippen LogP contribution >= 0.6 is 23.6 Å². The minimum absolute atomic E-state index is 0.189.